The van der Waals surface area contributed by atoms with E-state index < -0.39 is 0 Å². The number of nitrogens with zero attached hydrogens (tertiary/aromatic N) is 1. The molecule has 0 aliphatic heterocycles. The predicted octanol–water partition coefficient (Wildman–Crippen LogP) is 2.20. The lowest BCUT2D eigenvalue weighted by Crippen LogP contribution is -2.41. The van der Waals surface area contributed by atoms with Crippen molar-refractivity contribution in [2.24, 2.45) is 0 Å². The number of carbonyl (C=O) groups excluding carboxylic acids is 2. The van der Waals surface area contributed by atoms with Gasteiger partial charge in [-0.2, -0.15) is 0 Å². The summed E-state index contributed by atoms with van der Waals surface area (Å²) in [6, 6.07) is 5.68. The Balaban J connectivity index is 2.77. The summed E-state index contributed by atoms with van der Waals surface area (Å²) in [6.45, 7) is 5.82. The number of benzene rings is 1. The zero-order valence-electron chi connectivity index (χ0n) is 11.7. The third kappa shape index (κ3) is 4.49. The van der Waals surface area contributed by atoms with Crippen LogP contribution in [0, 0.1) is 10.5 Å². The van der Waals surface area contributed by atoms with E-state index in [1.807, 2.05) is 32.9 Å². The van der Waals surface area contributed by atoms with E-state index in [-0.39, 0.29) is 24.4 Å². The molecule has 0 aliphatic rings. The van der Waals surface area contributed by atoms with Crippen LogP contribution in [0.3, 0.4) is 0 Å². The number of halogens is 1. The van der Waals surface area contributed by atoms with Crippen LogP contribution in [-0.4, -0.2) is 36.3 Å². The van der Waals surface area contributed by atoms with Gasteiger partial charge in [-0.15, -0.1) is 0 Å². The molecule has 0 fully saturated rings. The highest BCUT2D eigenvalue weighted by Gasteiger charge is 2.18. The van der Waals surface area contributed by atoms with E-state index in [0.29, 0.717) is 5.56 Å². The Morgan fingerprint density at radius 1 is 1.37 bits per heavy atom. The lowest BCUT2D eigenvalue weighted by Gasteiger charge is -2.19. The van der Waals surface area contributed by atoms with Crippen molar-refractivity contribution in [3.63, 3.8) is 0 Å². The van der Waals surface area contributed by atoms with Crippen LogP contribution < -0.4 is 5.32 Å². The molecule has 4 nitrogen and oxygen atoms in total. The molecule has 1 aromatic rings. The molecule has 0 saturated carbocycles. The maximum atomic E-state index is 12.3. The summed E-state index contributed by atoms with van der Waals surface area (Å²) in [6.07, 6.45) is 0. The van der Waals surface area contributed by atoms with Crippen LogP contribution in [0.4, 0.5) is 0 Å². The first kappa shape index (κ1) is 15.9. The van der Waals surface area contributed by atoms with Crippen LogP contribution >= 0.6 is 22.6 Å². The minimum Gasteiger partial charge on any atom is -0.352 e. The monoisotopic (exact) mass is 374 g/mol. The van der Waals surface area contributed by atoms with Crippen LogP contribution in [0.1, 0.15) is 29.8 Å². The van der Waals surface area contributed by atoms with Crippen molar-refractivity contribution in [3.8, 4) is 0 Å². The van der Waals surface area contributed by atoms with E-state index in [1.165, 1.54) is 4.90 Å². The fourth-order valence-corrected chi connectivity index (χ4v) is 2.26. The van der Waals surface area contributed by atoms with Gasteiger partial charge in [-0.05, 0) is 55.0 Å². The Kier molecular flexibility index (Phi) is 5.78. The van der Waals surface area contributed by atoms with Crippen molar-refractivity contribution in [2.45, 2.75) is 26.8 Å². The summed E-state index contributed by atoms with van der Waals surface area (Å²) >= 11 is 2.16. The molecule has 1 N–H and O–H groups in total. The fraction of sp³-hybridized carbons (Fsp3) is 0.429. The molecule has 0 aliphatic carbocycles. The molecule has 1 rings (SSSR count). The molecular formula is C14H19IN2O2. The van der Waals surface area contributed by atoms with Gasteiger partial charge in [0.05, 0.1) is 12.1 Å². The zero-order chi connectivity index (χ0) is 14.6. The van der Waals surface area contributed by atoms with Gasteiger partial charge in [-0.3, -0.25) is 9.59 Å². The second-order valence-corrected chi connectivity index (χ2v) is 5.90. The van der Waals surface area contributed by atoms with Crippen molar-refractivity contribution in [1.29, 1.82) is 0 Å². The van der Waals surface area contributed by atoms with Gasteiger partial charge in [-0.25, -0.2) is 0 Å². The summed E-state index contributed by atoms with van der Waals surface area (Å²) in [4.78, 5) is 25.4. The minimum atomic E-state index is -0.145. The van der Waals surface area contributed by atoms with Crippen molar-refractivity contribution in [3.05, 3.63) is 32.9 Å². The first-order valence-corrected chi connectivity index (χ1v) is 7.20. The number of aryl methyl sites for hydroxylation is 1. The highest BCUT2D eigenvalue weighted by molar-refractivity contribution is 14.1. The highest BCUT2D eigenvalue weighted by Crippen LogP contribution is 2.17. The smallest absolute Gasteiger partial charge is 0.255 e. The minimum absolute atomic E-state index is 0.0705. The first-order valence-electron chi connectivity index (χ1n) is 6.13. The molecule has 1 aromatic carbocycles. The van der Waals surface area contributed by atoms with Crippen molar-refractivity contribution in [2.75, 3.05) is 13.6 Å². The largest absolute Gasteiger partial charge is 0.352 e. The van der Waals surface area contributed by atoms with Crippen LogP contribution in [0.15, 0.2) is 18.2 Å². The number of likely N-dealkylation sites (N-methyl/N-ethyl adjacent to an activating group) is 1. The molecule has 104 valence electrons. The van der Waals surface area contributed by atoms with Gasteiger partial charge in [0, 0.05) is 16.7 Å². The fourth-order valence-electron chi connectivity index (χ4n) is 1.67. The van der Waals surface area contributed by atoms with E-state index in [1.54, 1.807) is 13.1 Å². The quantitative estimate of drug-likeness (QED) is 0.822. The summed E-state index contributed by atoms with van der Waals surface area (Å²) < 4.78 is 0.932. The average Bonchev–Trinajstić information content (AvgIpc) is 2.30. The Morgan fingerprint density at radius 2 is 2.00 bits per heavy atom. The van der Waals surface area contributed by atoms with Gasteiger partial charge in [0.15, 0.2) is 0 Å². The number of carbonyl (C=O) groups is 2. The molecule has 0 heterocycles. The predicted molar refractivity (Wildman–Crippen MR) is 84.1 cm³/mol. The molecule has 0 spiro atoms. The Bertz CT molecular complexity index is 486. The average molecular weight is 374 g/mol. The first-order chi connectivity index (χ1) is 8.82. The van der Waals surface area contributed by atoms with Gasteiger partial charge >= 0.3 is 0 Å². The summed E-state index contributed by atoms with van der Waals surface area (Å²) in [5.41, 5.74) is 1.70. The van der Waals surface area contributed by atoms with E-state index in [0.717, 1.165) is 9.13 Å². The van der Waals surface area contributed by atoms with Crippen molar-refractivity contribution < 1.29 is 9.59 Å². The molecule has 0 aromatic heterocycles. The van der Waals surface area contributed by atoms with Gasteiger partial charge in [0.1, 0.15) is 0 Å². The number of rotatable bonds is 4. The SMILES string of the molecule is Cc1cccc(C(=O)N(C)CC(=O)NC(C)C)c1I. The Morgan fingerprint density at radius 3 is 2.58 bits per heavy atom. The lowest BCUT2D eigenvalue weighted by atomic mass is 10.1. The van der Waals surface area contributed by atoms with Crippen LogP contribution in [-0.2, 0) is 4.79 Å². The molecule has 0 saturated heterocycles. The third-order valence-electron chi connectivity index (χ3n) is 2.60. The number of nitrogens with one attached hydrogen (secondary N) is 1. The van der Waals surface area contributed by atoms with E-state index >= 15 is 0 Å². The van der Waals surface area contributed by atoms with E-state index in [4.69, 9.17) is 0 Å². The molecule has 5 heteroatoms. The Hall–Kier alpha value is -1.11. The van der Waals surface area contributed by atoms with Crippen LogP contribution in [0.2, 0.25) is 0 Å². The van der Waals surface area contributed by atoms with Crippen molar-refractivity contribution >= 4 is 34.4 Å². The van der Waals surface area contributed by atoms with E-state index in [2.05, 4.69) is 27.9 Å². The van der Waals surface area contributed by atoms with Crippen LogP contribution in [0.25, 0.3) is 0 Å². The van der Waals surface area contributed by atoms with Gasteiger partial charge in [0.25, 0.3) is 5.91 Å². The van der Waals surface area contributed by atoms with Crippen LogP contribution in [0.5, 0.6) is 0 Å². The van der Waals surface area contributed by atoms with Crippen molar-refractivity contribution in [1.82, 2.24) is 10.2 Å². The highest BCUT2D eigenvalue weighted by atomic mass is 127. The van der Waals surface area contributed by atoms with Gasteiger partial charge in [0.2, 0.25) is 5.91 Å². The maximum Gasteiger partial charge on any atom is 0.255 e. The molecule has 0 bridgehead atoms. The second-order valence-electron chi connectivity index (χ2n) is 4.82. The van der Waals surface area contributed by atoms with Gasteiger partial charge in [-0.1, -0.05) is 12.1 Å². The molecule has 0 atom stereocenters. The molecule has 19 heavy (non-hydrogen) atoms. The summed E-state index contributed by atoms with van der Waals surface area (Å²) in [5, 5.41) is 2.77. The van der Waals surface area contributed by atoms with Gasteiger partial charge < -0.3 is 10.2 Å². The maximum absolute atomic E-state index is 12.3. The topological polar surface area (TPSA) is 49.4 Å². The summed E-state index contributed by atoms with van der Waals surface area (Å²) in [7, 11) is 1.64. The summed E-state index contributed by atoms with van der Waals surface area (Å²) in [5.74, 6) is -0.277. The standard InChI is InChI=1S/C14H19IN2O2/c1-9(2)16-12(18)8-17(4)14(19)11-7-5-6-10(3)13(11)15/h5-7,9H,8H2,1-4H3,(H,16,18). The number of amides is 2. The molecule has 2 amide bonds. The number of hydrogen-bond acceptors (Lipinski definition) is 2. The Labute approximate surface area is 127 Å². The third-order valence-corrected chi connectivity index (χ3v) is 4.03. The zero-order valence-corrected chi connectivity index (χ0v) is 13.8. The second kappa shape index (κ2) is 6.88. The lowest BCUT2D eigenvalue weighted by molar-refractivity contribution is -0.122. The normalized spacial score (nSPS) is 10.4. The molecular weight excluding hydrogens is 355 g/mol. The van der Waals surface area contributed by atoms with E-state index in [9.17, 15) is 9.59 Å². The number of hydrogen-bond donors (Lipinski definition) is 1. The molecule has 0 unspecified atom stereocenters. The molecule has 0 radical (unpaired) electrons.